The molecule has 0 aliphatic rings. The number of hydrogen-bond acceptors (Lipinski definition) is 3. The lowest BCUT2D eigenvalue weighted by molar-refractivity contribution is -0.140. The SMILES string of the molecule is COc1cc(C=O)ccc1COc1ccc(C(F)(F)F)c(F)c1. The number of methoxy groups -OCH3 is 1. The van der Waals surface area contributed by atoms with Gasteiger partial charge in [0.25, 0.3) is 0 Å². The summed E-state index contributed by atoms with van der Waals surface area (Å²) in [6.07, 6.45) is -4.10. The number of ether oxygens (including phenoxy) is 2. The van der Waals surface area contributed by atoms with Crippen LogP contribution in [0, 0.1) is 5.82 Å². The molecule has 2 aromatic rings. The summed E-state index contributed by atoms with van der Waals surface area (Å²) in [6, 6.07) is 6.97. The van der Waals surface area contributed by atoms with Gasteiger partial charge in [-0.2, -0.15) is 13.2 Å². The van der Waals surface area contributed by atoms with Crippen molar-refractivity contribution >= 4 is 6.29 Å². The fraction of sp³-hybridized carbons (Fsp3) is 0.188. The summed E-state index contributed by atoms with van der Waals surface area (Å²) in [5.74, 6) is -1.06. The number of aldehydes is 1. The molecule has 0 unspecified atom stereocenters. The highest BCUT2D eigenvalue weighted by molar-refractivity contribution is 5.75. The van der Waals surface area contributed by atoms with Crippen molar-refractivity contribution in [2.24, 2.45) is 0 Å². The van der Waals surface area contributed by atoms with Crippen molar-refractivity contribution in [2.75, 3.05) is 7.11 Å². The minimum absolute atomic E-state index is 0.0444. The molecule has 0 spiro atoms. The Morgan fingerprint density at radius 1 is 1.13 bits per heavy atom. The van der Waals surface area contributed by atoms with E-state index in [0.717, 1.165) is 6.07 Å². The Labute approximate surface area is 129 Å². The van der Waals surface area contributed by atoms with Gasteiger partial charge >= 0.3 is 6.18 Å². The molecule has 0 aliphatic carbocycles. The monoisotopic (exact) mass is 328 g/mol. The summed E-state index contributed by atoms with van der Waals surface area (Å²) in [6.45, 7) is -0.0485. The minimum atomic E-state index is -4.75. The molecular weight excluding hydrogens is 316 g/mol. The van der Waals surface area contributed by atoms with Gasteiger partial charge in [0, 0.05) is 17.2 Å². The molecule has 0 amide bonds. The molecule has 0 bridgehead atoms. The fourth-order valence-electron chi connectivity index (χ4n) is 1.93. The predicted molar refractivity (Wildman–Crippen MR) is 74.1 cm³/mol. The standard InChI is InChI=1S/C16H12F4O3/c1-22-15-6-10(8-21)2-3-11(15)9-23-12-4-5-13(14(17)7-12)16(18,19)20/h2-8H,9H2,1H3. The molecule has 23 heavy (non-hydrogen) atoms. The molecule has 7 heteroatoms. The summed E-state index contributed by atoms with van der Waals surface area (Å²) in [7, 11) is 1.41. The van der Waals surface area contributed by atoms with Gasteiger partial charge in [-0.3, -0.25) is 4.79 Å². The summed E-state index contributed by atoms with van der Waals surface area (Å²) >= 11 is 0. The number of carbonyl (C=O) groups is 1. The third kappa shape index (κ3) is 4.00. The molecule has 3 nitrogen and oxygen atoms in total. The lowest BCUT2D eigenvalue weighted by Crippen LogP contribution is -2.08. The molecule has 0 aromatic heterocycles. The minimum Gasteiger partial charge on any atom is -0.496 e. The predicted octanol–water partition coefficient (Wildman–Crippen LogP) is 4.24. The summed E-state index contributed by atoms with van der Waals surface area (Å²) in [5.41, 5.74) is -0.373. The van der Waals surface area contributed by atoms with E-state index in [4.69, 9.17) is 9.47 Å². The zero-order chi connectivity index (χ0) is 17.0. The average Bonchev–Trinajstić information content (AvgIpc) is 2.51. The molecule has 122 valence electrons. The van der Waals surface area contributed by atoms with Crippen molar-refractivity contribution in [3.63, 3.8) is 0 Å². The molecule has 0 atom stereocenters. The Morgan fingerprint density at radius 3 is 2.43 bits per heavy atom. The smallest absolute Gasteiger partial charge is 0.419 e. The number of carbonyl (C=O) groups excluding carboxylic acids is 1. The molecule has 2 rings (SSSR count). The van der Waals surface area contributed by atoms with Crippen LogP contribution in [0.25, 0.3) is 0 Å². The van der Waals surface area contributed by atoms with Gasteiger partial charge in [0.15, 0.2) is 0 Å². The maximum Gasteiger partial charge on any atom is 0.419 e. The maximum atomic E-state index is 13.5. The van der Waals surface area contributed by atoms with Crippen LogP contribution in [0.1, 0.15) is 21.5 Å². The van der Waals surface area contributed by atoms with E-state index >= 15 is 0 Å². The fourth-order valence-corrected chi connectivity index (χ4v) is 1.93. The van der Waals surface area contributed by atoms with Crippen LogP contribution in [-0.2, 0) is 12.8 Å². The second kappa shape index (κ2) is 6.68. The zero-order valence-corrected chi connectivity index (χ0v) is 12.0. The second-order valence-electron chi connectivity index (χ2n) is 4.62. The van der Waals surface area contributed by atoms with Crippen molar-refractivity contribution in [3.8, 4) is 11.5 Å². The Hall–Kier alpha value is -2.57. The van der Waals surface area contributed by atoms with Crippen LogP contribution in [0.3, 0.4) is 0 Å². The van der Waals surface area contributed by atoms with Crippen LogP contribution in [-0.4, -0.2) is 13.4 Å². The second-order valence-corrected chi connectivity index (χ2v) is 4.62. The maximum absolute atomic E-state index is 13.5. The number of alkyl halides is 3. The van der Waals surface area contributed by atoms with E-state index in [1.807, 2.05) is 0 Å². The molecule has 0 fully saturated rings. The van der Waals surface area contributed by atoms with E-state index in [1.54, 1.807) is 12.1 Å². The van der Waals surface area contributed by atoms with Crippen molar-refractivity contribution < 1.29 is 31.8 Å². The van der Waals surface area contributed by atoms with E-state index in [2.05, 4.69) is 0 Å². The van der Waals surface area contributed by atoms with Crippen LogP contribution >= 0.6 is 0 Å². The molecule has 0 aliphatic heterocycles. The molecule has 0 radical (unpaired) electrons. The first kappa shape index (κ1) is 16.8. The Bertz CT molecular complexity index is 711. The number of hydrogen-bond donors (Lipinski definition) is 0. The summed E-state index contributed by atoms with van der Waals surface area (Å²) < 4.78 is 61.3. The Morgan fingerprint density at radius 2 is 1.87 bits per heavy atom. The van der Waals surface area contributed by atoms with Crippen LogP contribution in [0.2, 0.25) is 0 Å². The van der Waals surface area contributed by atoms with Gasteiger partial charge in [0.1, 0.15) is 30.2 Å². The first-order chi connectivity index (χ1) is 10.8. The average molecular weight is 328 g/mol. The normalized spacial score (nSPS) is 11.2. The third-order valence-electron chi connectivity index (χ3n) is 3.09. The van der Waals surface area contributed by atoms with Crippen molar-refractivity contribution in [2.45, 2.75) is 12.8 Å². The van der Waals surface area contributed by atoms with Gasteiger partial charge in [-0.25, -0.2) is 4.39 Å². The zero-order valence-electron chi connectivity index (χ0n) is 12.0. The molecular formula is C16H12F4O3. The van der Waals surface area contributed by atoms with Crippen LogP contribution in [0.5, 0.6) is 11.5 Å². The van der Waals surface area contributed by atoms with Gasteiger partial charge in [0.05, 0.1) is 12.7 Å². The van der Waals surface area contributed by atoms with E-state index in [0.29, 0.717) is 35.3 Å². The first-order valence-corrected chi connectivity index (χ1v) is 6.47. The molecule has 0 N–H and O–H groups in total. The quantitative estimate of drug-likeness (QED) is 0.608. The molecule has 0 saturated heterocycles. The van der Waals surface area contributed by atoms with Gasteiger partial charge in [0.2, 0.25) is 0 Å². The molecule has 2 aromatic carbocycles. The summed E-state index contributed by atoms with van der Waals surface area (Å²) in [4.78, 5) is 10.7. The first-order valence-electron chi connectivity index (χ1n) is 6.47. The Balaban J connectivity index is 2.15. The van der Waals surface area contributed by atoms with E-state index < -0.39 is 17.6 Å². The topological polar surface area (TPSA) is 35.5 Å². The van der Waals surface area contributed by atoms with Crippen molar-refractivity contribution in [3.05, 3.63) is 58.9 Å². The van der Waals surface area contributed by atoms with Gasteiger partial charge in [-0.05, 0) is 18.2 Å². The molecule has 0 heterocycles. The van der Waals surface area contributed by atoms with Gasteiger partial charge < -0.3 is 9.47 Å². The number of rotatable bonds is 5. The van der Waals surface area contributed by atoms with E-state index in [1.165, 1.54) is 13.2 Å². The summed E-state index contributed by atoms with van der Waals surface area (Å²) in [5, 5.41) is 0. The highest BCUT2D eigenvalue weighted by Gasteiger charge is 2.34. The van der Waals surface area contributed by atoms with Gasteiger partial charge in [-0.15, -0.1) is 0 Å². The highest BCUT2D eigenvalue weighted by atomic mass is 19.4. The van der Waals surface area contributed by atoms with Gasteiger partial charge in [-0.1, -0.05) is 12.1 Å². The van der Waals surface area contributed by atoms with Crippen molar-refractivity contribution in [1.29, 1.82) is 0 Å². The van der Waals surface area contributed by atoms with E-state index in [-0.39, 0.29) is 12.4 Å². The van der Waals surface area contributed by atoms with Crippen LogP contribution in [0.4, 0.5) is 17.6 Å². The highest BCUT2D eigenvalue weighted by Crippen LogP contribution is 2.33. The van der Waals surface area contributed by atoms with Crippen LogP contribution < -0.4 is 9.47 Å². The third-order valence-corrected chi connectivity index (χ3v) is 3.09. The van der Waals surface area contributed by atoms with E-state index in [9.17, 15) is 22.4 Å². The Kier molecular flexibility index (Phi) is 4.88. The molecule has 0 saturated carbocycles. The van der Waals surface area contributed by atoms with Crippen LogP contribution in [0.15, 0.2) is 36.4 Å². The van der Waals surface area contributed by atoms with Crippen molar-refractivity contribution in [1.82, 2.24) is 0 Å². The number of halogens is 4. The largest absolute Gasteiger partial charge is 0.496 e. The lowest BCUT2D eigenvalue weighted by atomic mass is 10.1. The lowest BCUT2D eigenvalue weighted by Gasteiger charge is -2.12. The number of benzene rings is 2.